The highest BCUT2D eigenvalue weighted by Gasteiger charge is 2.23. The van der Waals surface area contributed by atoms with Crippen molar-refractivity contribution in [3.8, 4) is 0 Å². The molecule has 2 rings (SSSR count). The molecular formula is C10H5ClN2O4. The molecule has 7 heteroatoms. The molecule has 0 fully saturated rings. The van der Waals surface area contributed by atoms with Gasteiger partial charge < -0.3 is 4.98 Å². The van der Waals surface area contributed by atoms with Crippen LogP contribution in [0.5, 0.6) is 0 Å². The Morgan fingerprint density at radius 3 is 2.65 bits per heavy atom. The van der Waals surface area contributed by atoms with Gasteiger partial charge in [-0.05, 0) is 17.7 Å². The number of H-pyrrole nitrogens is 1. The largest absolute Gasteiger partial charge is 0.360 e. The summed E-state index contributed by atoms with van der Waals surface area (Å²) in [5, 5.41) is 9.74. The first-order valence-corrected chi connectivity index (χ1v) is 4.89. The van der Waals surface area contributed by atoms with Crippen molar-refractivity contribution in [2.45, 2.75) is 0 Å². The molecule has 0 bridgehead atoms. The number of benzene rings is 1. The molecule has 2 aromatic rings. The van der Waals surface area contributed by atoms with E-state index in [1.54, 1.807) is 6.07 Å². The Morgan fingerprint density at radius 1 is 1.35 bits per heavy atom. The zero-order valence-corrected chi connectivity index (χ0v) is 9.02. The van der Waals surface area contributed by atoms with Gasteiger partial charge in [0, 0.05) is 12.3 Å². The Labute approximate surface area is 99.3 Å². The Kier molecular flexibility index (Phi) is 2.64. The topological polar surface area (TPSA) is 93.1 Å². The third-order valence-corrected chi connectivity index (χ3v) is 2.48. The van der Waals surface area contributed by atoms with Crippen LogP contribution in [0.15, 0.2) is 24.4 Å². The fraction of sp³-hybridized carbons (Fsp3) is 0. The molecule has 0 amide bonds. The summed E-state index contributed by atoms with van der Waals surface area (Å²) in [6, 6.07) is 4.30. The van der Waals surface area contributed by atoms with Crippen LogP contribution >= 0.6 is 11.6 Å². The number of ketones is 1. The van der Waals surface area contributed by atoms with Crippen LogP contribution in [0.2, 0.25) is 0 Å². The van der Waals surface area contributed by atoms with Crippen LogP contribution < -0.4 is 0 Å². The van der Waals surface area contributed by atoms with Crippen molar-refractivity contribution in [1.29, 1.82) is 0 Å². The van der Waals surface area contributed by atoms with E-state index in [2.05, 4.69) is 4.98 Å². The lowest BCUT2D eigenvalue weighted by Crippen LogP contribution is -2.07. The molecule has 0 unspecified atom stereocenters. The maximum absolute atomic E-state index is 11.5. The van der Waals surface area contributed by atoms with E-state index in [0.717, 1.165) is 0 Å². The lowest BCUT2D eigenvalue weighted by atomic mass is 10.1. The van der Waals surface area contributed by atoms with Gasteiger partial charge in [-0.3, -0.25) is 19.7 Å². The van der Waals surface area contributed by atoms with E-state index < -0.39 is 15.9 Å². The van der Waals surface area contributed by atoms with E-state index in [1.165, 1.54) is 18.3 Å². The number of hydrogen-bond acceptors (Lipinski definition) is 4. The molecule has 86 valence electrons. The first-order valence-electron chi connectivity index (χ1n) is 4.51. The minimum Gasteiger partial charge on any atom is -0.360 e. The van der Waals surface area contributed by atoms with E-state index in [4.69, 9.17) is 11.6 Å². The number of carbonyl (C=O) groups is 2. The summed E-state index contributed by atoms with van der Waals surface area (Å²) in [5.74, 6) is -0.966. The van der Waals surface area contributed by atoms with Gasteiger partial charge in [-0.1, -0.05) is 6.07 Å². The van der Waals surface area contributed by atoms with Gasteiger partial charge in [0.1, 0.15) is 0 Å². The molecule has 0 saturated heterocycles. The predicted molar refractivity (Wildman–Crippen MR) is 60.1 cm³/mol. The summed E-state index contributed by atoms with van der Waals surface area (Å²) < 4.78 is 0. The number of carbonyl (C=O) groups excluding carboxylic acids is 2. The number of nitrogens with zero attached hydrogens (tertiary/aromatic N) is 1. The molecular weight excluding hydrogens is 248 g/mol. The second-order valence-electron chi connectivity index (χ2n) is 3.26. The summed E-state index contributed by atoms with van der Waals surface area (Å²) in [7, 11) is 0. The van der Waals surface area contributed by atoms with E-state index >= 15 is 0 Å². The van der Waals surface area contributed by atoms with Crippen molar-refractivity contribution in [3.63, 3.8) is 0 Å². The van der Waals surface area contributed by atoms with Crippen LogP contribution in [-0.2, 0) is 4.79 Å². The maximum atomic E-state index is 11.5. The molecule has 0 aliphatic rings. The molecule has 0 spiro atoms. The van der Waals surface area contributed by atoms with Crippen molar-refractivity contribution in [1.82, 2.24) is 4.98 Å². The van der Waals surface area contributed by atoms with Crippen molar-refractivity contribution in [2.24, 2.45) is 0 Å². The van der Waals surface area contributed by atoms with Crippen LogP contribution in [0.1, 0.15) is 10.4 Å². The average molecular weight is 253 g/mol. The zero-order chi connectivity index (χ0) is 12.6. The van der Waals surface area contributed by atoms with Gasteiger partial charge in [0.05, 0.1) is 21.4 Å². The molecule has 0 radical (unpaired) electrons. The number of nitro benzene ring substituents is 1. The number of aromatic amines is 1. The Hall–Kier alpha value is -2.21. The molecule has 0 aliphatic heterocycles. The number of Topliss-reactive ketones (excluding diaryl/α,β-unsaturated/α-hetero) is 1. The van der Waals surface area contributed by atoms with Crippen LogP contribution in [0.3, 0.4) is 0 Å². The normalized spacial score (nSPS) is 10.4. The molecule has 1 aromatic heterocycles. The van der Waals surface area contributed by atoms with Gasteiger partial charge in [-0.15, -0.1) is 0 Å². The zero-order valence-electron chi connectivity index (χ0n) is 8.27. The number of rotatable bonds is 3. The summed E-state index contributed by atoms with van der Waals surface area (Å²) in [6.07, 6.45) is 1.24. The number of nitrogens with one attached hydrogen (secondary N) is 1. The number of fused-ring (bicyclic) bond motifs is 1. The minimum atomic E-state index is -1.18. The highest BCUT2D eigenvalue weighted by Crippen LogP contribution is 2.28. The number of halogens is 1. The minimum absolute atomic E-state index is 0.0905. The SMILES string of the molecule is O=C(Cl)C(=O)c1c[nH]c2cccc([N+](=O)[O-])c12. The lowest BCUT2D eigenvalue weighted by Gasteiger charge is -1.96. The van der Waals surface area contributed by atoms with Crippen LogP contribution in [0.4, 0.5) is 5.69 Å². The number of hydrogen-bond donors (Lipinski definition) is 1. The third kappa shape index (κ3) is 1.78. The van der Waals surface area contributed by atoms with Crippen molar-refractivity contribution in [3.05, 3.63) is 40.1 Å². The highest BCUT2D eigenvalue weighted by molar-refractivity contribution is 6.83. The van der Waals surface area contributed by atoms with Gasteiger partial charge in [0.2, 0.25) is 5.78 Å². The third-order valence-electron chi connectivity index (χ3n) is 2.30. The molecule has 17 heavy (non-hydrogen) atoms. The summed E-state index contributed by atoms with van der Waals surface area (Å²) >= 11 is 5.08. The smallest absolute Gasteiger partial charge is 0.293 e. The van der Waals surface area contributed by atoms with Crippen molar-refractivity contribution >= 4 is 39.2 Å². The van der Waals surface area contributed by atoms with Gasteiger partial charge >= 0.3 is 0 Å². The Morgan fingerprint density at radius 2 is 2.06 bits per heavy atom. The molecule has 6 nitrogen and oxygen atoms in total. The fourth-order valence-corrected chi connectivity index (χ4v) is 1.70. The number of non-ortho nitro benzene ring substituents is 1. The monoisotopic (exact) mass is 252 g/mol. The molecule has 1 aromatic carbocycles. The van der Waals surface area contributed by atoms with Gasteiger partial charge in [0.15, 0.2) is 0 Å². The Bertz CT molecular complexity index is 647. The first kappa shape index (κ1) is 11.3. The van der Waals surface area contributed by atoms with E-state index in [1.807, 2.05) is 0 Å². The van der Waals surface area contributed by atoms with Gasteiger partial charge in [-0.25, -0.2) is 0 Å². The molecule has 1 heterocycles. The van der Waals surface area contributed by atoms with Gasteiger partial charge in [-0.2, -0.15) is 0 Å². The highest BCUT2D eigenvalue weighted by atomic mass is 35.5. The molecule has 1 N–H and O–H groups in total. The van der Waals surface area contributed by atoms with E-state index in [0.29, 0.717) is 5.52 Å². The maximum Gasteiger partial charge on any atom is 0.293 e. The van der Waals surface area contributed by atoms with E-state index in [9.17, 15) is 19.7 Å². The number of nitro groups is 1. The predicted octanol–water partition coefficient (Wildman–Crippen LogP) is 2.02. The number of aromatic nitrogens is 1. The van der Waals surface area contributed by atoms with Gasteiger partial charge in [0.25, 0.3) is 10.9 Å². The lowest BCUT2D eigenvalue weighted by molar-refractivity contribution is -0.383. The average Bonchev–Trinajstić information content (AvgIpc) is 2.70. The summed E-state index contributed by atoms with van der Waals surface area (Å²) in [5.41, 5.74) is 0.0674. The molecule has 0 atom stereocenters. The van der Waals surface area contributed by atoms with Crippen LogP contribution in [0.25, 0.3) is 10.9 Å². The first-order chi connectivity index (χ1) is 8.02. The fourth-order valence-electron chi connectivity index (χ4n) is 1.60. The molecule has 0 saturated carbocycles. The summed E-state index contributed by atoms with van der Waals surface area (Å²) in [4.78, 5) is 35.2. The second-order valence-corrected chi connectivity index (χ2v) is 3.61. The van der Waals surface area contributed by atoms with Crippen molar-refractivity contribution in [2.75, 3.05) is 0 Å². The standard InChI is InChI=1S/C10H5ClN2O4/c11-10(15)9(14)5-4-12-6-2-1-3-7(8(5)6)13(16)17/h1-4,12H. The molecule has 0 aliphatic carbocycles. The quantitative estimate of drug-likeness (QED) is 0.297. The van der Waals surface area contributed by atoms with Crippen LogP contribution in [0, 0.1) is 10.1 Å². The van der Waals surface area contributed by atoms with Crippen LogP contribution in [-0.4, -0.2) is 20.9 Å². The second kappa shape index (κ2) is 3.99. The van der Waals surface area contributed by atoms with E-state index in [-0.39, 0.29) is 16.6 Å². The Balaban J connectivity index is 2.78. The van der Waals surface area contributed by atoms with Crippen molar-refractivity contribution < 1.29 is 14.5 Å². The summed E-state index contributed by atoms with van der Waals surface area (Å²) in [6.45, 7) is 0.